The van der Waals surface area contributed by atoms with Gasteiger partial charge in [-0.3, -0.25) is 9.48 Å². The summed E-state index contributed by atoms with van der Waals surface area (Å²) < 4.78 is 7.96. The highest BCUT2D eigenvalue weighted by atomic mass is 79.9. The van der Waals surface area contributed by atoms with Crippen molar-refractivity contribution in [2.45, 2.75) is 13.3 Å². The number of carboxylic acid groups (broad SMARTS) is 1. The maximum absolute atomic E-state index is 11.0. The van der Waals surface area contributed by atoms with Crippen LogP contribution in [0.5, 0.6) is 5.75 Å². The first-order valence-electron chi connectivity index (χ1n) is 6.02. The lowest BCUT2D eigenvalue weighted by molar-refractivity contribution is -0.136. The number of hydrogen-bond donors (Lipinski definition) is 1. The van der Waals surface area contributed by atoms with Gasteiger partial charge in [0.15, 0.2) is 0 Å². The average Bonchev–Trinajstić information content (AvgIpc) is 2.64. The van der Waals surface area contributed by atoms with Gasteiger partial charge in [-0.05, 0) is 25.1 Å². The van der Waals surface area contributed by atoms with Crippen LogP contribution in [-0.2, 0) is 18.3 Å². The number of carbonyl (C=O) groups is 1. The molecule has 0 saturated heterocycles. The average molecular weight is 339 g/mol. The zero-order valence-corrected chi connectivity index (χ0v) is 13.1. The molecule has 0 radical (unpaired) electrons. The van der Waals surface area contributed by atoms with E-state index < -0.39 is 5.97 Å². The van der Waals surface area contributed by atoms with E-state index in [1.54, 1.807) is 18.8 Å². The predicted octanol–water partition coefficient (Wildman–Crippen LogP) is 2.79. The number of carboxylic acids is 1. The van der Waals surface area contributed by atoms with Gasteiger partial charge in [0.2, 0.25) is 0 Å². The zero-order chi connectivity index (χ0) is 14.9. The zero-order valence-electron chi connectivity index (χ0n) is 11.5. The van der Waals surface area contributed by atoms with Crippen molar-refractivity contribution in [1.82, 2.24) is 9.78 Å². The van der Waals surface area contributed by atoms with Crippen LogP contribution in [0, 0.1) is 6.92 Å². The van der Waals surface area contributed by atoms with Crippen LogP contribution in [0.1, 0.15) is 11.4 Å². The molecule has 0 aliphatic heterocycles. The molecule has 2 aromatic rings. The summed E-state index contributed by atoms with van der Waals surface area (Å²) in [7, 11) is 3.39. The number of ether oxygens (including phenoxy) is 1. The Morgan fingerprint density at radius 1 is 1.50 bits per heavy atom. The van der Waals surface area contributed by atoms with Crippen molar-refractivity contribution in [1.29, 1.82) is 0 Å². The van der Waals surface area contributed by atoms with Crippen LogP contribution in [-0.4, -0.2) is 28.0 Å². The van der Waals surface area contributed by atoms with Gasteiger partial charge >= 0.3 is 5.97 Å². The summed E-state index contributed by atoms with van der Waals surface area (Å²) in [6, 6.07) is 5.63. The Morgan fingerprint density at radius 3 is 2.80 bits per heavy atom. The van der Waals surface area contributed by atoms with Crippen LogP contribution in [0.15, 0.2) is 22.7 Å². The lowest BCUT2D eigenvalue weighted by Crippen LogP contribution is -2.03. The molecule has 5 nitrogen and oxygen atoms in total. The van der Waals surface area contributed by atoms with Gasteiger partial charge in [0, 0.05) is 28.3 Å². The minimum Gasteiger partial charge on any atom is -0.496 e. The molecule has 0 spiro atoms. The quantitative estimate of drug-likeness (QED) is 0.930. The third kappa shape index (κ3) is 2.70. The molecule has 0 aliphatic rings. The molecular weight excluding hydrogens is 324 g/mol. The number of nitrogens with zero attached hydrogens (tertiary/aromatic N) is 2. The summed E-state index contributed by atoms with van der Waals surface area (Å²) in [5.74, 6) is -0.214. The van der Waals surface area contributed by atoms with Crippen molar-refractivity contribution in [3.63, 3.8) is 0 Å². The highest BCUT2D eigenvalue weighted by Gasteiger charge is 2.20. The van der Waals surface area contributed by atoms with Crippen molar-refractivity contribution in [3.8, 4) is 16.9 Å². The first-order valence-corrected chi connectivity index (χ1v) is 6.81. The minimum atomic E-state index is -0.904. The molecule has 0 saturated carbocycles. The van der Waals surface area contributed by atoms with Crippen molar-refractivity contribution in [2.24, 2.45) is 7.05 Å². The van der Waals surface area contributed by atoms with Gasteiger partial charge in [0.25, 0.3) is 0 Å². The standard InChI is InChI=1S/C14H15BrN2O3/c1-8-14(11(7-13(18)19)16-17(8)2)10-6-9(15)4-5-12(10)20-3/h4-6H,7H2,1-3H3,(H,18,19). The van der Waals surface area contributed by atoms with Gasteiger partial charge in [-0.25, -0.2) is 0 Å². The lowest BCUT2D eigenvalue weighted by atomic mass is 10.0. The van der Waals surface area contributed by atoms with Gasteiger partial charge in [-0.1, -0.05) is 15.9 Å². The lowest BCUT2D eigenvalue weighted by Gasteiger charge is -2.10. The second kappa shape index (κ2) is 5.66. The number of rotatable bonds is 4. The normalized spacial score (nSPS) is 10.6. The van der Waals surface area contributed by atoms with Crippen LogP contribution in [0.2, 0.25) is 0 Å². The molecule has 0 atom stereocenters. The van der Waals surface area contributed by atoms with Gasteiger partial charge < -0.3 is 9.84 Å². The third-order valence-corrected chi connectivity index (χ3v) is 3.65. The third-order valence-electron chi connectivity index (χ3n) is 3.16. The summed E-state index contributed by atoms with van der Waals surface area (Å²) in [6.45, 7) is 1.91. The Hall–Kier alpha value is -1.82. The van der Waals surface area contributed by atoms with Crippen LogP contribution < -0.4 is 4.74 Å². The fourth-order valence-electron chi connectivity index (χ4n) is 2.17. The molecule has 106 valence electrons. The summed E-state index contributed by atoms with van der Waals surface area (Å²) in [6.07, 6.45) is -0.118. The second-order valence-electron chi connectivity index (χ2n) is 4.45. The molecule has 1 N–H and O–H groups in total. The first kappa shape index (κ1) is 14.6. The summed E-state index contributed by atoms with van der Waals surface area (Å²) in [5, 5.41) is 13.3. The predicted molar refractivity (Wildman–Crippen MR) is 79.0 cm³/mol. The van der Waals surface area contributed by atoms with Gasteiger partial charge in [0.05, 0.1) is 19.2 Å². The number of aliphatic carboxylic acids is 1. The molecule has 0 bridgehead atoms. The molecule has 0 unspecified atom stereocenters. The van der Waals surface area contributed by atoms with E-state index in [1.165, 1.54) is 0 Å². The Labute approximate surface area is 125 Å². The fourth-order valence-corrected chi connectivity index (χ4v) is 2.53. The van der Waals surface area contributed by atoms with E-state index in [0.717, 1.165) is 21.3 Å². The molecule has 6 heteroatoms. The number of methoxy groups -OCH3 is 1. The second-order valence-corrected chi connectivity index (χ2v) is 5.36. The molecule has 0 aliphatic carbocycles. The van der Waals surface area contributed by atoms with Crippen LogP contribution in [0.25, 0.3) is 11.1 Å². The van der Waals surface area contributed by atoms with Crippen molar-refractivity contribution in [2.75, 3.05) is 7.11 Å². The smallest absolute Gasteiger partial charge is 0.309 e. The largest absolute Gasteiger partial charge is 0.496 e. The van der Waals surface area contributed by atoms with E-state index in [0.29, 0.717) is 11.4 Å². The highest BCUT2D eigenvalue weighted by Crippen LogP contribution is 2.36. The van der Waals surface area contributed by atoms with Gasteiger partial charge in [-0.2, -0.15) is 5.10 Å². The fraction of sp³-hybridized carbons (Fsp3) is 0.286. The number of halogens is 1. The molecule has 1 aromatic carbocycles. The Bertz CT molecular complexity index is 665. The van der Waals surface area contributed by atoms with E-state index in [-0.39, 0.29) is 6.42 Å². The molecule has 0 amide bonds. The number of aryl methyl sites for hydroxylation is 1. The Kier molecular flexibility index (Phi) is 4.13. The Morgan fingerprint density at radius 2 is 2.20 bits per heavy atom. The maximum Gasteiger partial charge on any atom is 0.309 e. The van der Waals surface area contributed by atoms with Gasteiger partial charge in [0.1, 0.15) is 5.75 Å². The number of benzene rings is 1. The highest BCUT2D eigenvalue weighted by molar-refractivity contribution is 9.10. The van der Waals surface area contributed by atoms with E-state index in [9.17, 15) is 4.79 Å². The van der Waals surface area contributed by atoms with Crippen LogP contribution in [0.3, 0.4) is 0 Å². The first-order chi connectivity index (χ1) is 9.43. The summed E-state index contributed by atoms with van der Waals surface area (Å²) in [4.78, 5) is 11.0. The van der Waals surface area contributed by atoms with Crippen molar-refractivity contribution < 1.29 is 14.6 Å². The minimum absolute atomic E-state index is 0.118. The van der Waals surface area contributed by atoms with E-state index >= 15 is 0 Å². The summed E-state index contributed by atoms with van der Waals surface area (Å²) >= 11 is 3.43. The van der Waals surface area contributed by atoms with Crippen molar-refractivity contribution in [3.05, 3.63) is 34.1 Å². The molecule has 0 fully saturated rings. The monoisotopic (exact) mass is 338 g/mol. The molecular formula is C14H15BrN2O3. The SMILES string of the molecule is COc1ccc(Br)cc1-c1c(CC(=O)O)nn(C)c1C. The molecule has 1 aromatic heterocycles. The van der Waals surface area contributed by atoms with E-state index in [2.05, 4.69) is 21.0 Å². The number of hydrogen-bond acceptors (Lipinski definition) is 3. The van der Waals surface area contributed by atoms with E-state index in [1.807, 2.05) is 25.1 Å². The summed E-state index contributed by atoms with van der Waals surface area (Å²) in [5.41, 5.74) is 3.09. The van der Waals surface area contributed by atoms with E-state index in [4.69, 9.17) is 9.84 Å². The molecule has 1 heterocycles. The molecule has 20 heavy (non-hydrogen) atoms. The van der Waals surface area contributed by atoms with Crippen molar-refractivity contribution >= 4 is 21.9 Å². The maximum atomic E-state index is 11.0. The molecule has 2 rings (SSSR count). The van der Waals surface area contributed by atoms with Crippen LogP contribution in [0.4, 0.5) is 0 Å². The number of aromatic nitrogens is 2. The topological polar surface area (TPSA) is 64.3 Å². The van der Waals surface area contributed by atoms with Gasteiger partial charge in [-0.15, -0.1) is 0 Å². The van der Waals surface area contributed by atoms with Crippen LogP contribution >= 0.6 is 15.9 Å². The Balaban J connectivity index is 2.68.